The molecule has 0 fully saturated rings. The molecule has 2 amide bonds. The Hall–Kier alpha value is -3.39. The second-order valence-corrected chi connectivity index (χ2v) is 7.41. The SMILES string of the molecule is C[C@@H](NC(=O)[C@@H](N)CCCCNC(=O)OCc1ccccc1)C(=O)OCc1ccccc1. The van der Waals surface area contributed by atoms with Crippen LogP contribution >= 0.6 is 0 Å². The maximum atomic E-state index is 12.2. The molecule has 0 aliphatic carbocycles. The summed E-state index contributed by atoms with van der Waals surface area (Å²) in [6.45, 7) is 2.34. The molecule has 0 heterocycles. The Balaban J connectivity index is 1.54. The third kappa shape index (κ3) is 9.61. The molecule has 0 aromatic heterocycles. The Morgan fingerprint density at radius 2 is 1.44 bits per heavy atom. The van der Waals surface area contributed by atoms with Gasteiger partial charge in [0.25, 0.3) is 0 Å². The van der Waals surface area contributed by atoms with Crippen LogP contribution in [0.1, 0.15) is 37.3 Å². The van der Waals surface area contributed by atoms with Crippen LogP contribution in [0.3, 0.4) is 0 Å². The van der Waals surface area contributed by atoms with Gasteiger partial charge in [-0.25, -0.2) is 9.59 Å². The van der Waals surface area contributed by atoms with Crippen molar-refractivity contribution in [2.24, 2.45) is 5.73 Å². The zero-order valence-corrected chi connectivity index (χ0v) is 18.3. The number of carbonyl (C=O) groups is 3. The van der Waals surface area contributed by atoms with Gasteiger partial charge < -0.3 is 25.8 Å². The fraction of sp³-hybridized carbons (Fsp3) is 0.375. The molecule has 2 aromatic carbocycles. The first kappa shape index (κ1) is 24.9. The predicted octanol–water partition coefficient (Wildman–Crippen LogP) is 2.66. The van der Waals surface area contributed by atoms with Gasteiger partial charge in [0.15, 0.2) is 0 Å². The van der Waals surface area contributed by atoms with Crippen molar-refractivity contribution in [1.82, 2.24) is 10.6 Å². The highest BCUT2D eigenvalue weighted by Crippen LogP contribution is 2.04. The topological polar surface area (TPSA) is 120 Å². The summed E-state index contributed by atoms with van der Waals surface area (Å²) in [7, 11) is 0. The fourth-order valence-electron chi connectivity index (χ4n) is 2.82. The molecule has 0 radical (unpaired) electrons. The van der Waals surface area contributed by atoms with E-state index in [2.05, 4.69) is 10.6 Å². The standard InChI is InChI=1S/C24H31N3O5/c1-18(23(29)31-16-19-10-4-2-5-11-19)27-22(28)21(25)14-8-9-15-26-24(30)32-17-20-12-6-3-7-13-20/h2-7,10-13,18,21H,8-9,14-17,25H2,1H3,(H,26,30)(H,27,28)/t18-,21+/m1/s1. The van der Waals surface area contributed by atoms with E-state index in [9.17, 15) is 14.4 Å². The third-order valence-electron chi connectivity index (χ3n) is 4.70. The van der Waals surface area contributed by atoms with Crippen LogP contribution in [0.25, 0.3) is 0 Å². The van der Waals surface area contributed by atoms with Crippen LogP contribution in [0.4, 0.5) is 4.79 Å². The first-order valence-corrected chi connectivity index (χ1v) is 10.7. The molecule has 4 N–H and O–H groups in total. The number of amides is 2. The van der Waals surface area contributed by atoms with Gasteiger partial charge in [-0.3, -0.25) is 4.79 Å². The third-order valence-corrected chi connectivity index (χ3v) is 4.70. The molecule has 172 valence electrons. The summed E-state index contributed by atoms with van der Waals surface area (Å²) in [5, 5.41) is 5.25. The number of nitrogens with two attached hydrogens (primary N) is 1. The Bertz CT molecular complexity index is 845. The maximum Gasteiger partial charge on any atom is 0.407 e. The molecule has 0 aliphatic rings. The van der Waals surface area contributed by atoms with Crippen LogP contribution < -0.4 is 16.4 Å². The van der Waals surface area contributed by atoms with Crippen molar-refractivity contribution in [1.29, 1.82) is 0 Å². The molecule has 0 unspecified atom stereocenters. The van der Waals surface area contributed by atoms with E-state index in [4.69, 9.17) is 15.2 Å². The molecule has 0 saturated heterocycles. The molecule has 0 saturated carbocycles. The van der Waals surface area contributed by atoms with Gasteiger partial charge in [-0.1, -0.05) is 60.7 Å². The number of benzene rings is 2. The lowest BCUT2D eigenvalue weighted by molar-refractivity contribution is -0.148. The Morgan fingerprint density at radius 1 is 0.875 bits per heavy atom. The highest BCUT2D eigenvalue weighted by atomic mass is 16.5. The monoisotopic (exact) mass is 441 g/mol. The van der Waals surface area contributed by atoms with Gasteiger partial charge in [0.2, 0.25) is 5.91 Å². The number of rotatable bonds is 12. The molecular weight excluding hydrogens is 410 g/mol. The van der Waals surface area contributed by atoms with Crippen molar-refractivity contribution in [2.45, 2.75) is 51.5 Å². The molecule has 0 spiro atoms. The first-order chi connectivity index (χ1) is 15.5. The number of esters is 1. The van der Waals surface area contributed by atoms with Crippen LogP contribution in [-0.4, -0.2) is 36.6 Å². The zero-order chi connectivity index (χ0) is 23.2. The smallest absolute Gasteiger partial charge is 0.407 e. The minimum absolute atomic E-state index is 0.146. The van der Waals surface area contributed by atoms with Gasteiger partial charge in [0, 0.05) is 6.54 Å². The lowest BCUT2D eigenvalue weighted by atomic mass is 10.1. The zero-order valence-electron chi connectivity index (χ0n) is 18.3. The maximum absolute atomic E-state index is 12.2. The van der Waals surface area contributed by atoms with Crippen molar-refractivity contribution in [2.75, 3.05) is 6.54 Å². The van der Waals surface area contributed by atoms with E-state index >= 15 is 0 Å². The van der Waals surface area contributed by atoms with Crippen molar-refractivity contribution < 1.29 is 23.9 Å². The van der Waals surface area contributed by atoms with Gasteiger partial charge in [-0.2, -0.15) is 0 Å². The molecular formula is C24H31N3O5. The normalized spacial score (nSPS) is 12.3. The van der Waals surface area contributed by atoms with E-state index in [0.29, 0.717) is 25.8 Å². The molecule has 2 atom stereocenters. The Labute approximate surface area is 188 Å². The van der Waals surface area contributed by atoms with E-state index in [1.807, 2.05) is 60.7 Å². The van der Waals surface area contributed by atoms with Crippen LogP contribution in [-0.2, 0) is 32.3 Å². The number of hydrogen-bond acceptors (Lipinski definition) is 6. The quantitative estimate of drug-likeness (QED) is 0.344. The predicted molar refractivity (Wildman–Crippen MR) is 120 cm³/mol. The lowest BCUT2D eigenvalue weighted by Crippen LogP contribution is -2.47. The van der Waals surface area contributed by atoms with E-state index in [-0.39, 0.29) is 13.2 Å². The van der Waals surface area contributed by atoms with E-state index in [1.54, 1.807) is 6.92 Å². The van der Waals surface area contributed by atoms with Gasteiger partial charge in [0.1, 0.15) is 19.3 Å². The summed E-state index contributed by atoms with van der Waals surface area (Å²) in [6, 6.07) is 17.2. The number of ether oxygens (including phenoxy) is 2. The first-order valence-electron chi connectivity index (χ1n) is 10.7. The van der Waals surface area contributed by atoms with Crippen LogP contribution in [0.15, 0.2) is 60.7 Å². The lowest BCUT2D eigenvalue weighted by Gasteiger charge is -2.17. The summed E-state index contributed by atoms with van der Waals surface area (Å²) in [6.07, 6.45) is 1.23. The average Bonchev–Trinajstić information content (AvgIpc) is 2.82. The Morgan fingerprint density at radius 3 is 2.03 bits per heavy atom. The highest BCUT2D eigenvalue weighted by molar-refractivity contribution is 5.87. The molecule has 0 aliphatic heterocycles. The van der Waals surface area contributed by atoms with Gasteiger partial charge >= 0.3 is 12.1 Å². The van der Waals surface area contributed by atoms with Crippen molar-refractivity contribution in [3.05, 3.63) is 71.8 Å². The van der Waals surface area contributed by atoms with Crippen molar-refractivity contribution >= 4 is 18.0 Å². The minimum atomic E-state index is -0.793. The second-order valence-electron chi connectivity index (χ2n) is 7.41. The van der Waals surface area contributed by atoms with E-state index in [0.717, 1.165) is 11.1 Å². The number of hydrogen-bond donors (Lipinski definition) is 3. The van der Waals surface area contributed by atoms with Crippen LogP contribution in [0.5, 0.6) is 0 Å². The number of carbonyl (C=O) groups excluding carboxylic acids is 3. The fourth-order valence-corrected chi connectivity index (χ4v) is 2.82. The summed E-state index contributed by atoms with van der Waals surface area (Å²) >= 11 is 0. The molecule has 2 aromatic rings. The van der Waals surface area contributed by atoms with Crippen molar-refractivity contribution in [3.63, 3.8) is 0 Å². The number of unbranched alkanes of at least 4 members (excludes halogenated alkanes) is 1. The van der Waals surface area contributed by atoms with Gasteiger partial charge in [-0.15, -0.1) is 0 Å². The number of alkyl carbamates (subject to hydrolysis) is 1. The van der Waals surface area contributed by atoms with E-state index in [1.165, 1.54) is 0 Å². The Kier molecular flexibility index (Phi) is 10.7. The molecule has 2 rings (SSSR count). The van der Waals surface area contributed by atoms with Crippen molar-refractivity contribution in [3.8, 4) is 0 Å². The minimum Gasteiger partial charge on any atom is -0.459 e. The number of nitrogens with one attached hydrogen (secondary N) is 2. The van der Waals surface area contributed by atoms with Crippen LogP contribution in [0, 0.1) is 0 Å². The summed E-state index contributed by atoms with van der Waals surface area (Å²) in [4.78, 5) is 35.9. The summed E-state index contributed by atoms with van der Waals surface area (Å²) < 4.78 is 10.3. The molecule has 8 heteroatoms. The molecule has 32 heavy (non-hydrogen) atoms. The second kappa shape index (κ2) is 13.8. The van der Waals surface area contributed by atoms with E-state index < -0.39 is 30.1 Å². The van der Waals surface area contributed by atoms with Crippen LogP contribution in [0.2, 0.25) is 0 Å². The van der Waals surface area contributed by atoms with Gasteiger partial charge in [-0.05, 0) is 37.3 Å². The largest absolute Gasteiger partial charge is 0.459 e. The van der Waals surface area contributed by atoms with Gasteiger partial charge in [0.05, 0.1) is 6.04 Å². The highest BCUT2D eigenvalue weighted by Gasteiger charge is 2.21. The molecule has 0 bridgehead atoms. The average molecular weight is 442 g/mol. The summed E-state index contributed by atoms with van der Waals surface area (Å²) in [5.41, 5.74) is 7.69. The summed E-state index contributed by atoms with van der Waals surface area (Å²) in [5.74, 6) is -0.933. The molecule has 8 nitrogen and oxygen atoms in total.